The molecule has 0 atom stereocenters. The fraction of sp³-hybridized carbons (Fsp3) is 0.500. The monoisotopic (exact) mass is 344 g/mol. The SMILES string of the molecule is CCNC(=NCc1nc2ccccc2n1C)NCC(=O)NC(C)(C)C. The summed E-state index contributed by atoms with van der Waals surface area (Å²) in [5.41, 5.74) is 1.79. The van der Waals surface area contributed by atoms with Crippen molar-refractivity contribution in [2.75, 3.05) is 13.1 Å². The molecule has 0 bridgehead atoms. The van der Waals surface area contributed by atoms with Gasteiger partial charge >= 0.3 is 0 Å². The predicted octanol–water partition coefficient (Wildman–Crippen LogP) is 1.54. The zero-order chi connectivity index (χ0) is 18.4. The standard InChI is InChI=1S/C18H28N6O/c1-6-19-17(21-12-16(25)23-18(2,3)4)20-11-15-22-13-9-7-8-10-14(13)24(15)5/h7-10H,6,11-12H2,1-5H3,(H,23,25)(H2,19,20,21). The topological polar surface area (TPSA) is 83.3 Å². The Hall–Kier alpha value is -2.57. The van der Waals surface area contributed by atoms with Crippen LogP contribution in [0.1, 0.15) is 33.5 Å². The van der Waals surface area contributed by atoms with Crippen molar-refractivity contribution in [1.82, 2.24) is 25.5 Å². The zero-order valence-electron chi connectivity index (χ0n) is 15.7. The number of benzene rings is 1. The Bertz CT molecular complexity index is 757. The molecule has 0 fully saturated rings. The van der Waals surface area contributed by atoms with Crippen LogP contribution in [0.25, 0.3) is 11.0 Å². The van der Waals surface area contributed by atoms with Crippen LogP contribution in [0.2, 0.25) is 0 Å². The molecule has 7 heteroatoms. The van der Waals surface area contributed by atoms with Gasteiger partial charge in [-0.15, -0.1) is 0 Å². The largest absolute Gasteiger partial charge is 0.357 e. The summed E-state index contributed by atoms with van der Waals surface area (Å²) < 4.78 is 2.04. The average molecular weight is 344 g/mol. The molecule has 0 unspecified atom stereocenters. The van der Waals surface area contributed by atoms with Gasteiger partial charge in [0.15, 0.2) is 5.96 Å². The van der Waals surface area contributed by atoms with Crippen LogP contribution in [-0.2, 0) is 18.4 Å². The molecule has 2 rings (SSSR count). The molecule has 0 aliphatic carbocycles. The molecule has 1 aromatic heterocycles. The van der Waals surface area contributed by atoms with Crippen LogP contribution >= 0.6 is 0 Å². The van der Waals surface area contributed by atoms with Gasteiger partial charge in [-0.1, -0.05) is 12.1 Å². The van der Waals surface area contributed by atoms with Crippen molar-refractivity contribution in [2.24, 2.45) is 12.0 Å². The number of carbonyl (C=O) groups excluding carboxylic acids is 1. The van der Waals surface area contributed by atoms with Crippen molar-refractivity contribution in [2.45, 2.75) is 39.8 Å². The van der Waals surface area contributed by atoms with Crippen LogP contribution in [-0.4, -0.2) is 40.0 Å². The molecule has 136 valence electrons. The maximum Gasteiger partial charge on any atom is 0.239 e. The molecule has 1 aromatic carbocycles. The zero-order valence-corrected chi connectivity index (χ0v) is 15.7. The number of hydrogen-bond donors (Lipinski definition) is 3. The van der Waals surface area contributed by atoms with Gasteiger partial charge in [0.05, 0.1) is 17.6 Å². The molecule has 0 aliphatic heterocycles. The van der Waals surface area contributed by atoms with E-state index < -0.39 is 0 Å². The van der Waals surface area contributed by atoms with Crippen molar-refractivity contribution in [3.63, 3.8) is 0 Å². The summed E-state index contributed by atoms with van der Waals surface area (Å²) in [5.74, 6) is 1.40. The lowest BCUT2D eigenvalue weighted by molar-refractivity contribution is -0.121. The first kappa shape index (κ1) is 18.8. The second kappa shape index (κ2) is 8.00. The van der Waals surface area contributed by atoms with E-state index in [1.54, 1.807) is 0 Å². The van der Waals surface area contributed by atoms with Gasteiger partial charge in [-0.05, 0) is 39.8 Å². The molecule has 0 saturated heterocycles. The Morgan fingerprint density at radius 2 is 1.96 bits per heavy atom. The highest BCUT2D eigenvalue weighted by molar-refractivity contribution is 5.86. The Labute approximate surface area is 148 Å². The van der Waals surface area contributed by atoms with Gasteiger partial charge in [0.2, 0.25) is 5.91 Å². The van der Waals surface area contributed by atoms with E-state index in [0.717, 1.165) is 23.4 Å². The maximum atomic E-state index is 11.9. The molecule has 0 radical (unpaired) electrons. The van der Waals surface area contributed by atoms with Crippen molar-refractivity contribution < 1.29 is 4.79 Å². The Morgan fingerprint density at radius 1 is 1.24 bits per heavy atom. The van der Waals surface area contributed by atoms with Crippen molar-refractivity contribution in [3.05, 3.63) is 30.1 Å². The van der Waals surface area contributed by atoms with E-state index in [1.165, 1.54) is 0 Å². The van der Waals surface area contributed by atoms with Gasteiger partial charge in [-0.25, -0.2) is 9.98 Å². The highest BCUT2D eigenvalue weighted by Crippen LogP contribution is 2.14. The molecule has 25 heavy (non-hydrogen) atoms. The van der Waals surface area contributed by atoms with Gasteiger partial charge in [-0.2, -0.15) is 0 Å². The number of carbonyl (C=O) groups is 1. The van der Waals surface area contributed by atoms with Crippen molar-refractivity contribution in [3.8, 4) is 0 Å². The van der Waals surface area contributed by atoms with Gasteiger partial charge in [-0.3, -0.25) is 4.79 Å². The van der Waals surface area contributed by atoms with E-state index in [-0.39, 0.29) is 18.0 Å². The van der Waals surface area contributed by atoms with Crippen LogP contribution in [0.4, 0.5) is 0 Å². The number of para-hydroxylation sites is 2. The highest BCUT2D eigenvalue weighted by Gasteiger charge is 2.14. The number of rotatable bonds is 5. The molecule has 1 amide bonds. The van der Waals surface area contributed by atoms with E-state index in [9.17, 15) is 4.79 Å². The van der Waals surface area contributed by atoms with Crippen LogP contribution in [0.5, 0.6) is 0 Å². The quantitative estimate of drug-likeness (QED) is 0.568. The van der Waals surface area contributed by atoms with Crippen molar-refractivity contribution in [1.29, 1.82) is 0 Å². The summed E-state index contributed by atoms with van der Waals surface area (Å²) in [6, 6.07) is 8.00. The average Bonchev–Trinajstić information content (AvgIpc) is 2.85. The summed E-state index contributed by atoms with van der Waals surface area (Å²) in [7, 11) is 1.98. The van der Waals surface area contributed by atoms with E-state index in [1.807, 2.05) is 63.6 Å². The lowest BCUT2D eigenvalue weighted by Crippen LogP contribution is -2.48. The number of nitrogens with zero attached hydrogens (tertiary/aromatic N) is 3. The lowest BCUT2D eigenvalue weighted by Gasteiger charge is -2.21. The third kappa shape index (κ3) is 5.48. The van der Waals surface area contributed by atoms with Gasteiger partial charge in [0.25, 0.3) is 0 Å². The maximum absolute atomic E-state index is 11.9. The minimum absolute atomic E-state index is 0.0687. The molecule has 2 aromatic rings. The summed E-state index contributed by atoms with van der Waals surface area (Å²) in [5, 5.41) is 9.12. The first-order chi connectivity index (χ1) is 11.8. The number of hydrogen-bond acceptors (Lipinski definition) is 3. The molecule has 0 spiro atoms. The number of aliphatic imine (C=N–C) groups is 1. The van der Waals surface area contributed by atoms with Gasteiger partial charge in [0.1, 0.15) is 12.4 Å². The number of aryl methyl sites for hydroxylation is 1. The lowest BCUT2D eigenvalue weighted by atomic mass is 10.1. The first-order valence-corrected chi connectivity index (χ1v) is 8.53. The van der Waals surface area contributed by atoms with E-state index in [0.29, 0.717) is 12.5 Å². The fourth-order valence-electron chi connectivity index (χ4n) is 2.45. The summed E-state index contributed by atoms with van der Waals surface area (Å²) >= 11 is 0. The molecule has 1 heterocycles. The number of aromatic nitrogens is 2. The molecule has 0 aliphatic rings. The second-order valence-electron chi connectivity index (χ2n) is 6.92. The minimum atomic E-state index is -0.249. The Balaban J connectivity index is 2.03. The minimum Gasteiger partial charge on any atom is -0.357 e. The number of fused-ring (bicyclic) bond motifs is 1. The number of guanidine groups is 1. The molecule has 7 nitrogen and oxygen atoms in total. The van der Waals surface area contributed by atoms with E-state index in [2.05, 4.69) is 25.9 Å². The van der Waals surface area contributed by atoms with Crippen LogP contribution in [0.3, 0.4) is 0 Å². The number of nitrogens with one attached hydrogen (secondary N) is 3. The fourth-order valence-corrected chi connectivity index (χ4v) is 2.45. The Morgan fingerprint density at radius 3 is 2.60 bits per heavy atom. The van der Waals surface area contributed by atoms with Crippen LogP contribution in [0.15, 0.2) is 29.3 Å². The highest BCUT2D eigenvalue weighted by atomic mass is 16.2. The van der Waals surface area contributed by atoms with Crippen LogP contribution < -0.4 is 16.0 Å². The molecule has 0 saturated carbocycles. The van der Waals surface area contributed by atoms with Gasteiger partial charge in [0, 0.05) is 19.1 Å². The third-order valence-electron chi connectivity index (χ3n) is 3.53. The smallest absolute Gasteiger partial charge is 0.239 e. The third-order valence-corrected chi connectivity index (χ3v) is 3.53. The van der Waals surface area contributed by atoms with E-state index in [4.69, 9.17) is 0 Å². The first-order valence-electron chi connectivity index (χ1n) is 8.53. The number of amides is 1. The molecule has 3 N–H and O–H groups in total. The van der Waals surface area contributed by atoms with Gasteiger partial charge < -0.3 is 20.5 Å². The summed E-state index contributed by atoms with van der Waals surface area (Å²) in [6.45, 7) is 9.17. The summed E-state index contributed by atoms with van der Waals surface area (Å²) in [4.78, 5) is 21.1. The Kier molecular flexibility index (Phi) is 6.01. The molecular weight excluding hydrogens is 316 g/mol. The second-order valence-corrected chi connectivity index (χ2v) is 6.92. The normalized spacial score (nSPS) is 12.3. The van der Waals surface area contributed by atoms with Crippen molar-refractivity contribution >= 4 is 22.9 Å². The summed E-state index contributed by atoms with van der Waals surface area (Å²) in [6.07, 6.45) is 0. The van der Waals surface area contributed by atoms with E-state index >= 15 is 0 Å². The van der Waals surface area contributed by atoms with Crippen LogP contribution in [0, 0.1) is 0 Å². The predicted molar refractivity (Wildman–Crippen MR) is 101 cm³/mol. The number of imidazole rings is 1. The molecular formula is C18H28N6O.